The monoisotopic (exact) mass is 477 g/mol. The lowest BCUT2D eigenvalue weighted by molar-refractivity contribution is -0.759. The molecule has 1 atom stereocenters. The Labute approximate surface area is 201 Å². The van der Waals surface area contributed by atoms with Crippen LogP contribution in [0.3, 0.4) is 0 Å². The lowest BCUT2D eigenvalue weighted by Gasteiger charge is -2.25. The molecule has 1 N–H and O–H groups in total. The average Bonchev–Trinajstić information content (AvgIpc) is 3.36. The van der Waals surface area contributed by atoms with E-state index in [4.69, 9.17) is 14.2 Å². The molecule has 0 bridgehead atoms. The van der Waals surface area contributed by atoms with Gasteiger partial charge in [0.2, 0.25) is 11.2 Å². The van der Waals surface area contributed by atoms with Gasteiger partial charge in [0.1, 0.15) is 11.1 Å². The van der Waals surface area contributed by atoms with Crippen LogP contribution >= 0.6 is 11.8 Å². The molecule has 1 aliphatic carbocycles. The Morgan fingerprint density at radius 3 is 2.91 bits per heavy atom. The number of amides is 1. The lowest BCUT2D eigenvalue weighted by Crippen LogP contribution is -2.62. The molecular formula is C24H25N6O3S+. The van der Waals surface area contributed by atoms with E-state index in [-0.39, 0.29) is 17.5 Å². The molecule has 1 saturated heterocycles. The third-order valence-electron chi connectivity index (χ3n) is 6.08. The number of fused-ring (bicyclic) bond motifs is 1. The SMILES string of the molecule is N#Cc1cc2c(nc1SCC(=O)Nc1c[n+](N3CCOCC3)no1)CCC(c1ccccc1)C2. The molecule has 2 aromatic heterocycles. The number of nitriles is 1. The van der Waals surface area contributed by atoms with Crippen LogP contribution in [0.25, 0.3) is 0 Å². The smallest absolute Gasteiger partial charge is 0.305 e. The fourth-order valence-electron chi connectivity index (χ4n) is 4.34. The molecule has 2 aliphatic rings. The van der Waals surface area contributed by atoms with Crippen LogP contribution in [0.5, 0.6) is 0 Å². The number of ether oxygens (including phenoxy) is 1. The molecule has 1 aliphatic heterocycles. The normalized spacial score (nSPS) is 17.6. The van der Waals surface area contributed by atoms with Crippen LogP contribution in [-0.2, 0) is 22.4 Å². The number of aromatic nitrogens is 3. The van der Waals surface area contributed by atoms with Crippen LogP contribution in [0.2, 0.25) is 0 Å². The Bertz CT molecular complexity index is 1200. The molecule has 0 radical (unpaired) electrons. The van der Waals surface area contributed by atoms with Crippen molar-refractivity contribution in [3.8, 4) is 6.07 Å². The van der Waals surface area contributed by atoms with Crippen molar-refractivity contribution in [3.05, 3.63) is 65.0 Å². The molecule has 1 fully saturated rings. The van der Waals surface area contributed by atoms with E-state index in [1.807, 2.05) is 17.1 Å². The van der Waals surface area contributed by atoms with Gasteiger partial charge in [-0.2, -0.15) is 5.26 Å². The van der Waals surface area contributed by atoms with Gasteiger partial charge in [-0.3, -0.25) is 14.6 Å². The van der Waals surface area contributed by atoms with E-state index < -0.39 is 0 Å². The summed E-state index contributed by atoms with van der Waals surface area (Å²) in [5.41, 5.74) is 3.98. The number of carbonyl (C=O) groups excluding carboxylic acids is 1. The first kappa shape index (κ1) is 22.4. The van der Waals surface area contributed by atoms with Crippen LogP contribution in [0.1, 0.15) is 34.7 Å². The topological polar surface area (TPSA) is 108 Å². The van der Waals surface area contributed by atoms with Crippen molar-refractivity contribution in [2.45, 2.75) is 30.2 Å². The van der Waals surface area contributed by atoms with Gasteiger partial charge >= 0.3 is 5.88 Å². The van der Waals surface area contributed by atoms with Gasteiger partial charge in [0, 0.05) is 5.69 Å². The Kier molecular flexibility index (Phi) is 6.74. The number of thioether (sulfide) groups is 1. The third kappa shape index (κ3) is 5.05. The molecule has 9 nitrogen and oxygen atoms in total. The first-order valence-electron chi connectivity index (χ1n) is 11.3. The van der Waals surface area contributed by atoms with Crippen molar-refractivity contribution < 1.29 is 18.8 Å². The van der Waals surface area contributed by atoms with Gasteiger partial charge in [-0.1, -0.05) is 42.1 Å². The highest BCUT2D eigenvalue weighted by Crippen LogP contribution is 2.34. The number of hydrogen-bond donors (Lipinski definition) is 1. The largest absolute Gasteiger partial charge is 0.377 e. The van der Waals surface area contributed by atoms with Crippen molar-refractivity contribution >= 4 is 23.6 Å². The fraction of sp³-hybridized carbons (Fsp3) is 0.375. The van der Waals surface area contributed by atoms with E-state index in [1.165, 1.54) is 17.3 Å². The summed E-state index contributed by atoms with van der Waals surface area (Å²) in [4.78, 5) is 18.8. The number of rotatable bonds is 6. The predicted octanol–water partition coefficient (Wildman–Crippen LogP) is 2.20. The summed E-state index contributed by atoms with van der Waals surface area (Å²) >= 11 is 1.26. The number of hydrogen-bond acceptors (Lipinski definition) is 8. The summed E-state index contributed by atoms with van der Waals surface area (Å²) in [5.74, 6) is 0.574. The minimum atomic E-state index is -0.247. The highest BCUT2D eigenvalue weighted by Gasteiger charge is 2.25. The van der Waals surface area contributed by atoms with Crippen molar-refractivity contribution in [3.63, 3.8) is 0 Å². The predicted molar refractivity (Wildman–Crippen MR) is 125 cm³/mol. The third-order valence-corrected chi connectivity index (χ3v) is 7.07. The van der Waals surface area contributed by atoms with E-state index in [2.05, 4.69) is 40.9 Å². The van der Waals surface area contributed by atoms with Crippen LogP contribution in [-0.4, -0.2) is 48.2 Å². The van der Waals surface area contributed by atoms with Gasteiger partial charge in [0.05, 0.1) is 42.4 Å². The first-order valence-corrected chi connectivity index (χ1v) is 12.3. The first-order chi connectivity index (χ1) is 16.7. The summed E-state index contributed by atoms with van der Waals surface area (Å²) in [7, 11) is 0. The van der Waals surface area contributed by atoms with Crippen LogP contribution in [0, 0.1) is 11.3 Å². The number of carbonyl (C=O) groups is 1. The maximum Gasteiger partial charge on any atom is 0.305 e. The zero-order valence-electron chi connectivity index (χ0n) is 18.6. The standard InChI is InChI=1S/C24H24N6O3S/c25-14-20-13-19-12-18(17-4-2-1-3-5-17)6-7-21(19)26-24(20)34-16-22(31)27-23-15-30(28-33-23)29-8-10-32-11-9-29/h1-5,13,15,18H,6-12,16H2/p+1. The molecule has 1 unspecified atom stereocenters. The molecule has 5 rings (SSSR count). The van der Waals surface area contributed by atoms with Gasteiger partial charge in [-0.15, -0.1) is 5.01 Å². The Balaban J connectivity index is 1.21. The van der Waals surface area contributed by atoms with Crippen molar-refractivity contribution in [1.29, 1.82) is 5.26 Å². The lowest BCUT2D eigenvalue weighted by atomic mass is 9.82. The van der Waals surface area contributed by atoms with Gasteiger partial charge < -0.3 is 4.74 Å². The molecule has 3 aromatic rings. The second-order valence-corrected chi connectivity index (χ2v) is 9.26. The molecule has 34 heavy (non-hydrogen) atoms. The van der Waals surface area contributed by atoms with Crippen molar-refractivity contribution in [2.75, 3.05) is 42.4 Å². The second-order valence-electron chi connectivity index (χ2n) is 8.30. The number of nitrogens with zero attached hydrogens (tertiary/aromatic N) is 5. The van der Waals surface area contributed by atoms with Gasteiger partial charge in [-0.25, -0.2) is 4.98 Å². The van der Waals surface area contributed by atoms with Gasteiger partial charge in [-0.05, 0) is 42.4 Å². The minimum Gasteiger partial charge on any atom is -0.377 e. The average molecular weight is 478 g/mol. The summed E-state index contributed by atoms with van der Waals surface area (Å²) < 4.78 is 10.6. The number of nitrogens with one attached hydrogen (secondary N) is 1. The highest BCUT2D eigenvalue weighted by atomic mass is 32.2. The molecule has 1 amide bonds. The quantitative estimate of drug-likeness (QED) is 0.425. The summed E-state index contributed by atoms with van der Waals surface area (Å²) in [6.07, 6.45) is 4.39. The Morgan fingerprint density at radius 1 is 1.29 bits per heavy atom. The summed E-state index contributed by atoms with van der Waals surface area (Å²) in [6.45, 7) is 2.65. The van der Waals surface area contributed by atoms with E-state index >= 15 is 0 Å². The summed E-state index contributed by atoms with van der Waals surface area (Å²) in [5, 5.41) is 18.9. The maximum atomic E-state index is 12.5. The van der Waals surface area contributed by atoms with E-state index in [1.54, 1.807) is 11.0 Å². The fourth-order valence-corrected chi connectivity index (χ4v) is 5.11. The number of anilines is 1. The zero-order chi connectivity index (χ0) is 23.3. The molecule has 0 saturated carbocycles. The van der Waals surface area contributed by atoms with Crippen molar-refractivity contribution in [1.82, 2.24) is 10.3 Å². The molecule has 10 heteroatoms. The molecule has 174 valence electrons. The Hall–Kier alpha value is -3.42. The van der Waals surface area contributed by atoms with E-state index in [9.17, 15) is 10.1 Å². The molecular weight excluding hydrogens is 452 g/mol. The van der Waals surface area contributed by atoms with Gasteiger partial charge in [0.15, 0.2) is 0 Å². The van der Waals surface area contributed by atoms with E-state index in [0.717, 1.165) is 30.5 Å². The van der Waals surface area contributed by atoms with Crippen LogP contribution in [0.15, 0.2) is 52.1 Å². The highest BCUT2D eigenvalue weighted by molar-refractivity contribution is 8.00. The minimum absolute atomic E-state index is 0.116. The Morgan fingerprint density at radius 2 is 2.12 bits per heavy atom. The number of morpholine rings is 1. The molecule has 0 spiro atoms. The van der Waals surface area contributed by atoms with Crippen LogP contribution < -0.4 is 15.1 Å². The second kappa shape index (κ2) is 10.2. The van der Waals surface area contributed by atoms with Crippen LogP contribution in [0.4, 0.5) is 5.88 Å². The molecule has 1 aromatic carbocycles. The van der Waals surface area contributed by atoms with Gasteiger partial charge in [0.25, 0.3) is 6.20 Å². The van der Waals surface area contributed by atoms with Crippen molar-refractivity contribution in [2.24, 2.45) is 0 Å². The maximum absolute atomic E-state index is 12.5. The molecule has 3 heterocycles. The number of benzene rings is 1. The van der Waals surface area contributed by atoms with E-state index in [0.29, 0.717) is 42.8 Å². The zero-order valence-corrected chi connectivity index (χ0v) is 19.5. The number of aryl methyl sites for hydroxylation is 1. The summed E-state index contributed by atoms with van der Waals surface area (Å²) in [6, 6.07) is 14.7. The number of pyridine rings is 1.